The van der Waals surface area contributed by atoms with E-state index in [-0.39, 0.29) is 11.6 Å². The summed E-state index contributed by atoms with van der Waals surface area (Å²) < 4.78 is 19.5. The Morgan fingerprint density at radius 3 is 3.00 bits per heavy atom. The van der Waals surface area contributed by atoms with Crippen LogP contribution in [0.3, 0.4) is 0 Å². The number of ether oxygens (including phenoxy) is 1. The van der Waals surface area contributed by atoms with E-state index < -0.39 is 0 Å². The highest BCUT2D eigenvalue weighted by Gasteiger charge is 2.20. The van der Waals surface area contributed by atoms with Crippen LogP contribution in [0.25, 0.3) is 0 Å². The molecule has 0 atom stereocenters. The molecule has 2 rings (SSSR count). The first-order valence-electron chi connectivity index (χ1n) is 5.63. The van der Waals surface area contributed by atoms with E-state index in [1.165, 1.54) is 18.9 Å². The van der Waals surface area contributed by atoms with Gasteiger partial charge in [-0.05, 0) is 36.6 Å². The van der Waals surface area contributed by atoms with Gasteiger partial charge in [0.1, 0.15) is 6.61 Å². The van der Waals surface area contributed by atoms with Gasteiger partial charge in [-0.15, -0.1) is 0 Å². The number of hydrogen-bond acceptors (Lipinski definition) is 2. The third-order valence-corrected chi connectivity index (χ3v) is 3.04. The van der Waals surface area contributed by atoms with E-state index in [0.29, 0.717) is 12.6 Å². The summed E-state index contributed by atoms with van der Waals surface area (Å²) in [6, 6.07) is 5.29. The molecule has 0 aliphatic heterocycles. The molecule has 1 N–H and O–H groups in total. The fourth-order valence-electron chi connectivity index (χ4n) is 1.39. The van der Waals surface area contributed by atoms with Crippen LogP contribution in [-0.2, 0) is 0 Å². The van der Waals surface area contributed by atoms with E-state index >= 15 is 0 Å². The van der Waals surface area contributed by atoms with Crippen molar-refractivity contribution < 1.29 is 9.13 Å². The van der Waals surface area contributed by atoms with E-state index in [9.17, 15) is 4.39 Å². The maximum atomic E-state index is 13.4. The van der Waals surface area contributed by atoms with Crippen LogP contribution in [0.2, 0.25) is 0 Å². The fourth-order valence-corrected chi connectivity index (χ4v) is 1.73. The van der Waals surface area contributed by atoms with Gasteiger partial charge in [-0.2, -0.15) is 0 Å². The number of halogens is 2. The lowest BCUT2D eigenvalue weighted by Crippen LogP contribution is -2.21. The molecule has 0 bridgehead atoms. The topological polar surface area (TPSA) is 21.3 Å². The highest BCUT2D eigenvalue weighted by Crippen LogP contribution is 2.22. The fraction of sp³-hybridized carbons (Fsp3) is 0.385. The molecule has 1 aliphatic rings. The maximum absolute atomic E-state index is 13.4. The van der Waals surface area contributed by atoms with E-state index in [1.807, 2.05) is 0 Å². The smallest absolute Gasteiger partial charge is 0.165 e. The predicted molar refractivity (Wildman–Crippen MR) is 69.8 cm³/mol. The summed E-state index contributed by atoms with van der Waals surface area (Å²) in [5.74, 6) is -0.0944. The van der Waals surface area contributed by atoms with Gasteiger partial charge in [0.2, 0.25) is 0 Å². The Morgan fingerprint density at radius 2 is 2.29 bits per heavy atom. The Bertz CT molecular complexity index is 418. The molecule has 1 aromatic rings. The average Bonchev–Trinajstić information content (AvgIpc) is 3.11. The van der Waals surface area contributed by atoms with E-state index in [1.54, 1.807) is 12.1 Å². The first-order valence-corrected chi connectivity index (χ1v) is 6.42. The molecular formula is C13H15BrFNO. The molecule has 1 saturated carbocycles. The third kappa shape index (κ3) is 4.13. The number of nitrogens with one attached hydrogen (secondary N) is 1. The maximum Gasteiger partial charge on any atom is 0.165 e. The summed E-state index contributed by atoms with van der Waals surface area (Å²) >= 11 is 3.28. The zero-order valence-corrected chi connectivity index (χ0v) is 11.1. The molecular weight excluding hydrogens is 285 g/mol. The van der Waals surface area contributed by atoms with Gasteiger partial charge in [0.15, 0.2) is 11.6 Å². The molecule has 92 valence electrons. The van der Waals surface area contributed by atoms with E-state index in [4.69, 9.17) is 4.74 Å². The number of benzene rings is 1. The number of hydrogen-bond donors (Lipinski definition) is 1. The minimum Gasteiger partial charge on any atom is -0.486 e. The van der Waals surface area contributed by atoms with Crippen molar-refractivity contribution in [2.75, 3.05) is 13.2 Å². The molecule has 1 fully saturated rings. The van der Waals surface area contributed by atoms with Gasteiger partial charge in [0, 0.05) is 17.1 Å². The van der Waals surface area contributed by atoms with Gasteiger partial charge in [0.05, 0.1) is 0 Å². The van der Waals surface area contributed by atoms with Crippen LogP contribution in [-0.4, -0.2) is 19.2 Å². The number of rotatable bonds is 6. The normalized spacial score (nSPS) is 14.7. The van der Waals surface area contributed by atoms with Gasteiger partial charge in [-0.1, -0.05) is 22.5 Å². The van der Waals surface area contributed by atoms with Gasteiger partial charge < -0.3 is 10.1 Å². The zero-order chi connectivity index (χ0) is 12.3. The third-order valence-electron chi connectivity index (χ3n) is 2.54. The molecule has 0 spiro atoms. The molecule has 0 amide bonds. The monoisotopic (exact) mass is 299 g/mol. The Hall–Kier alpha value is -0.870. The van der Waals surface area contributed by atoms with Gasteiger partial charge in [-0.3, -0.25) is 0 Å². The lowest BCUT2D eigenvalue weighted by Gasteiger charge is -2.10. The van der Waals surface area contributed by atoms with Crippen LogP contribution in [0.1, 0.15) is 12.8 Å². The summed E-state index contributed by atoms with van der Waals surface area (Å²) in [5.41, 5.74) is 0.927. The minimum atomic E-state index is -0.351. The molecule has 2 nitrogen and oxygen atoms in total. The minimum absolute atomic E-state index is 0.256. The van der Waals surface area contributed by atoms with Crippen molar-refractivity contribution in [1.82, 2.24) is 5.32 Å². The lowest BCUT2D eigenvalue weighted by molar-refractivity contribution is 0.329. The van der Waals surface area contributed by atoms with E-state index in [2.05, 4.69) is 27.8 Å². The lowest BCUT2D eigenvalue weighted by atomic mass is 10.3. The summed E-state index contributed by atoms with van der Waals surface area (Å²) in [6.07, 6.45) is 2.49. The first-order chi connectivity index (χ1) is 8.15. The molecule has 0 heterocycles. The van der Waals surface area contributed by atoms with Gasteiger partial charge in [-0.25, -0.2) is 4.39 Å². The van der Waals surface area contributed by atoms with Gasteiger partial charge >= 0.3 is 0 Å². The van der Waals surface area contributed by atoms with Crippen molar-refractivity contribution in [3.8, 4) is 5.75 Å². The van der Waals surface area contributed by atoms with Crippen molar-refractivity contribution in [1.29, 1.82) is 0 Å². The molecule has 0 unspecified atom stereocenters. The SMILES string of the molecule is C=C(CNC1CC1)COc1cc(Br)ccc1F. The van der Waals surface area contributed by atoms with Crippen LogP contribution < -0.4 is 10.1 Å². The van der Waals surface area contributed by atoms with Crippen LogP contribution in [0.4, 0.5) is 4.39 Å². The quantitative estimate of drug-likeness (QED) is 0.814. The second-order valence-electron chi connectivity index (χ2n) is 4.27. The van der Waals surface area contributed by atoms with Crippen molar-refractivity contribution in [2.24, 2.45) is 0 Å². The highest BCUT2D eigenvalue weighted by atomic mass is 79.9. The highest BCUT2D eigenvalue weighted by molar-refractivity contribution is 9.10. The van der Waals surface area contributed by atoms with Crippen molar-refractivity contribution >= 4 is 15.9 Å². The van der Waals surface area contributed by atoms with Crippen LogP contribution in [0.15, 0.2) is 34.8 Å². The predicted octanol–water partition coefficient (Wildman–Crippen LogP) is 3.28. The second kappa shape index (κ2) is 5.65. The first kappa shape index (κ1) is 12.6. The Kier molecular flexibility index (Phi) is 4.18. The van der Waals surface area contributed by atoms with Crippen molar-refractivity contribution in [3.05, 3.63) is 40.6 Å². The van der Waals surface area contributed by atoms with Gasteiger partial charge in [0.25, 0.3) is 0 Å². The van der Waals surface area contributed by atoms with Crippen LogP contribution in [0.5, 0.6) is 5.75 Å². The van der Waals surface area contributed by atoms with Crippen molar-refractivity contribution in [2.45, 2.75) is 18.9 Å². The Morgan fingerprint density at radius 1 is 1.53 bits per heavy atom. The Balaban J connectivity index is 1.79. The standard InChI is InChI=1S/C13H15BrFNO/c1-9(7-16-11-3-4-11)8-17-13-6-10(14)2-5-12(13)15/h2,5-6,11,16H,1,3-4,7-8H2. The molecule has 1 aromatic carbocycles. The second-order valence-corrected chi connectivity index (χ2v) is 5.18. The van der Waals surface area contributed by atoms with E-state index in [0.717, 1.165) is 16.6 Å². The van der Waals surface area contributed by atoms with Crippen molar-refractivity contribution in [3.63, 3.8) is 0 Å². The summed E-state index contributed by atoms with van der Waals surface area (Å²) in [7, 11) is 0. The molecule has 17 heavy (non-hydrogen) atoms. The molecule has 1 aliphatic carbocycles. The molecule has 4 heteroatoms. The van der Waals surface area contributed by atoms with Crippen LogP contribution >= 0.6 is 15.9 Å². The summed E-state index contributed by atoms with van der Waals surface area (Å²) in [5, 5.41) is 3.34. The largest absolute Gasteiger partial charge is 0.486 e. The summed E-state index contributed by atoms with van der Waals surface area (Å²) in [6.45, 7) is 4.98. The molecule has 0 radical (unpaired) electrons. The molecule has 0 aromatic heterocycles. The molecule has 0 saturated heterocycles. The summed E-state index contributed by atoms with van der Waals surface area (Å²) in [4.78, 5) is 0. The zero-order valence-electron chi connectivity index (χ0n) is 9.51. The average molecular weight is 300 g/mol. The van der Waals surface area contributed by atoms with Crippen LogP contribution in [0, 0.1) is 5.82 Å². The Labute approximate surface area is 109 Å².